The Kier molecular flexibility index (Phi) is 4.35. The first-order valence-corrected chi connectivity index (χ1v) is 8.88. The van der Waals surface area contributed by atoms with Crippen LogP contribution in [-0.4, -0.2) is 27.2 Å². The fourth-order valence-corrected chi connectivity index (χ4v) is 3.47. The molecule has 0 radical (unpaired) electrons. The fourth-order valence-electron chi connectivity index (χ4n) is 2.44. The largest absolute Gasteiger partial charge is 0.350 e. The molecule has 0 bridgehead atoms. The minimum atomic E-state index is -3.69. The van der Waals surface area contributed by atoms with Gasteiger partial charge in [0.05, 0.1) is 5.69 Å². The van der Waals surface area contributed by atoms with Crippen molar-refractivity contribution in [3.05, 3.63) is 59.7 Å². The molecule has 2 aromatic carbocycles. The number of anilines is 1. The van der Waals surface area contributed by atoms with E-state index in [0.717, 1.165) is 11.1 Å². The number of carbonyl (C=O) groups is 1. The molecule has 2 aromatic rings. The number of fused-ring (bicyclic) bond motifs is 1. The van der Waals surface area contributed by atoms with Crippen LogP contribution < -0.4 is 10.2 Å². The van der Waals surface area contributed by atoms with Crippen LogP contribution in [-0.2, 0) is 21.4 Å². The monoisotopic (exact) mass is 343 g/mol. The number of nitrogens with one attached hydrogen (secondary N) is 1. The lowest BCUT2D eigenvalue weighted by Gasteiger charge is -2.25. The Morgan fingerprint density at radius 1 is 1.17 bits per heavy atom. The number of sulfonamides is 1. The van der Waals surface area contributed by atoms with Gasteiger partial charge in [0.2, 0.25) is 5.91 Å². The molecular formula is C17H17N3O3S. The van der Waals surface area contributed by atoms with Gasteiger partial charge in [0, 0.05) is 6.54 Å². The molecule has 0 atom stereocenters. The van der Waals surface area contributed by atoms with Crippen LogP contribution in [0.5, 0.6) is 0 Å². The molecule has 1 N–H and O–H groups in total. The first-order valence-electron chi connectivity index (χ1n) is 7.44. The van der Waals surface area contributed by atoms with Gasteiger partial charge in [-0.25, -0.2) is 0 Å². The zero-order valence-electron chi connectivity index (χ0n) is 13.1. The molecule has 0 unspecified atom stereocenters. The van der Waals surface area contributed by atoms with Crippen molar-refractivity contribution in [2.75, 3.05) is 11.4 Å². The third-order valence-electron chi connectivity index (χ3n) is 3.67. The minimum Gasteiger partial charge on any atom is -0.350 e. The summed E-state index contributed by atoms with van der Waals surface area (Å²) in [6.07, 6.45) is 1.19. The lowest BCUT2D eigenvalue weighted by atomic mass is 10.2. The zero-order chi connectivity index (χ0) is 17.2. The molecule has 7 heteroatoms. The van der Waals surface area contributed by atoms with Gasteiger partial charge in [-0.15, -0.1) is 4.40 Å². The van der Waals surface area contributed by atoms with E-state index in [9.17, 15) is 13.2 Å². The lowest BCUT2D eigenvalue weighted by molar-refractivity contribution is -0.119. The predicted molar refractivity (Wildman–Crippen MR) is 92.5 cm³/mol. The third-order valence-corrected chi connectivity index (χ3v) is 4.95. The van der Waals surface area contributed by atoms with Crippen LogP contribution in [0.1, 0.15) is 11.1 Å². The summed E-state index contributed by atoms with van der Waals surface area (Å²) in [5.74, 6) is -0.211. The van der Waals surface area contributed by atoms with E-state index in [1.54, 1.807) is 17.0 Å². The van der Waals surface area contributed by atoms with Gasteiger partial charge in [0.15, 0.2) is 0 Å². The number of carbonyl (C=O) groups excluding carboxylic acids is 1. The van der Waals surface area contributed by atoms with Crippen molar-refractivity contribution in [1.29, 1.82) is 0 Å². The Morgan fingerprint density at radius 2 is 1.92 bits per heavy atom. The van der Waals surface area contributed by atoms with Crippen molar-refractivity contribution in [3.8, 4) is 0 Å². The first kappa shape index (κ1) is 16.2. The van der Waals surface area contributed by atoms with E-state index in [0.29, 0.717) is 12.2 Å². The van der Waals surface area contributed by atoms with E-state index >= 15 is 0 Å². The number of nitrogens with zero attached hydrogens (tertiary/aromatic N) is 2. The maximum Gasteiger partial charge on any atom is 0.285 e. The van der Waals surface area contributed by atoms with Crippen molar-refractivity contribution in [3.63, 3.8) is 0 Å². The molecule has 6 nitrogen and oxygen atoms in total. The van der Waals surface area contributed by atoms with Crippen molar-refractivity contribution in [1.82, 2.24) is 5.32 Å². The first-order chi connectivity index (χ1) is 11.5. The summed E-state index contributed by atoms with van der Waals surface area (Å²) in [5.41, 5.74) is 2.38. The van der Waals surface area contributed by atoms with Gasteiger partial charge in [-0.2, -0.15) is 8.42 Å². The van der Waals surface area contributed by atoms with E-state index in [-0.39, 0.29) is 17.3 Å². The van der Waals surface area contributed by atoms with Gasteiger partial charge >= 0.3 is 0 Å². The van der Waals surface area contributed by atoms with Crippen LogP contribution in [0, 0.1) is 6.92 Å². The number of hydrogen-bond donors (Lipinski definition) is 1. The minimum absolute atomic E-state index is 0.00229. The van der Waals surface area contributed by atoms with E-state index in [2.05, 4.69) is 9.71 Å². The summed E-state index contributed by atoms with van der Waals surface area (Å²) in [6, 6.07) is 14.5. The van der Waals surface area contributed by atoms with E-state index < -0.39 is 10.0 Å². The molecule has 0 aromatic heterocycles. The molecule has 0 saturated heterocycles. The summed E-state index contributed by atoms with van der Waals surface area (Å²) >= 11 is 0. The van der Waals surface area contributed by atoms with Gasteiger partial charge in [0.1, 0.15) is 17.8 Å². The Bertz CT molecular complexity index is 893. The molecular weight excluding hydrogens is 326 g/mol. The van der Waals surface area contributed by atoms with Crippen molar-refractivity contribution in [2.24, 2.45) is 4.40 Å². The Labute approximate surface area is 140 Å². The van der Waals surface area contributed by atoms with Crippen LogP contribution in [0.2, 0.25) is 0 Å². The second kappa shape index (κ2) is 6.45. The quantitative estimate of drug-likeness (QED) is 0.919. The van der Waals surface area contributed by atoms with Gasteiger partial charge < -0.3 is 10.2 Å². The summed E-state index contributed by atoms with van der Waals surface area (Å²) in [6.45, 7) is 2.29. The van der Waals surface area contributed by atoms with Gasteiger partial charge in [-0.05, 0) is 30.2 Å². The van der Waals surface area contributed by atoms with Gasteiger partial charge in [-0.3, -0.25) is 4.79 Å². The zero-order valence-corrected chi connectivity index (χ0v) is 14.0. The molecule has 3 rings (SSSR count). The topological polar surface area (TPSA) is 78.8 Å². The smallest absolute Gasteiger partial charge is 0.285 e. The van der Waals surface area contributed by atoms with Crippen molar-refractivity contribution >= 4 is 28.0 Å². The molecule has 0 aliphatic carbocycles. The molecule has 1 aliphatic rings. The summed E-state index contributed by atoms with van der Waals surface area (Å²) < 4.78 is 27.6. The molecule has 0 spiro atoms. The normalized spacial score (nSPS) is 15.0. The van der Waals surface area contributed by atoms with Crippen LogP contribution in [0.25, 0.3) is 0 Å². The van der Waals surface area contributed by atoms with Gasteiger partial charge in [0.25, 0.3) is 10.0 Å². The Hall–Kier alpha value is -2.67. The highest BCUT2D eigenvalue weighted by Crippen LogP contribution is 2.30. The second-order valence-electron chi connectivity index (χ2n) is 5.56. The van der Waals surface area contributed by atoms with Crippen LogP contribution in [0.4, 0.5) is 5.69 Å². The number of aryl methyl sites for hydroxylation is 1. The highest BCUT2D eigenvalue weighted by atomic mass is 32.2. The molecule has 1 aliphatic heterocycles. The number of benzene rings is 2. The maximum absolute atomic E-state index is 12.2. The molecule has 124 valence electrons. The molecule has 0 fully saturated rings. The summed E-state index contributed by atoms with van der Waals surface area (Å²) in [5, 5.41) is 2.82. The summed E-state index contributed by atoms with van der Waals surface area (Å²) in [4.78, 5) is 13.8. The average Bonchev–Trinajstić information content (AvgIpc) is 2.56. The fraction of sp³-hybridized carbons (Fsp3) is 0.176. The van der Waals surface area contributed by atoms with Crippen LogP contribution >= 0.6 is 0 Å². The number of amides is 1. The SMILES string of the molecule is Cc1ccc2c(c1)N(CC(=O)NCc1ccccc1)C=NS2(=O)=O. The van der Waals surface area contributed by atoms with Gasteiger partial charge in [-0.1, -0.05) is 36.4 Å². The number of hydrogen-bond acceptors (Lipinski definition) is 4. The third kappa shape index (κ3) is 3.46. The highest BCUT2D eigenvalue weighted by Gasteiger charge is 2.26. The predicted octanol–water partition coefficient (Wildman–Crippen LogP) is 1.85. The van der Waals surface area contributed by atoms with E-state index in [1.165, 1.54) is 12.4 Å². The van der Waals surface area contributed by atoms with Crippen molar-refractivity contribution < 1.29 is 13.2 Å². The van der Waals surface area contributed by atoms with Crippen molar-refractivity contribution in [2.45, 2.75) is 18.4 Å². The molecule has 24 heavy (non-hydrogen) atoms. The van der Waals surface area contributed by atoms with Crippen LogP contribution in [0.3, 0.4) is 0 Å². The molecule has 1 heterocycles. The number of rotatable bonds is 4. The standard InChI is InChI=1S/C17H17N3O3S/c1-13-7-8-16-15(9-13)20(12-19-24(16,22)23)11-17(21)18-10-14-5-3-2-4-6-14/h2-9,12H,10-11H2,1H3,(H,18,21). The molecule has 0 saturated carbocycles. The average molecular weight is 343 g/mol. The van der Waals surface area contributed by atoms with E-state index in [4.69, 9.17) is 0 Å². The highest BCUT2D eigenvalue weighted by molar-refractivity contribution is 7.90. The van der Waals surface area contributed by atoms with Crippen LogP contribution in [0.15, 0.2) is 57.8 Å². The lowest BCUT2D eigenvalue weighted by Crippen LogP contribution is -2.38. The maximum atomic E-state index is 12.2. The summed E-state index contributed by atoms with van der Waals surface area (Å²) in [7, 11) is -3.69. The molecule has 1 amide bonds. The second-order valence-corrected chi connectivity index (χ2v) is 7.16. The Morgan fingerprint density at radius 3 is 2.67 bits per heavy atom. The van der Waals surface area contributed by atoms with E-state index in [1.807, 2.05) is 37.3 Å². The Balaban J connectivity index is 1.74.